The van der Waals surface area contributed by atoms with Gasteiger partial charge in [-0.1, -0.05) is 0 Å². The first-order valence-corrected chi connectivity index (χ1v) is 9.20. The maximum atomic E-state index is 12.2. The lowest BCUT2D eigenvalue weighted by Gasteiger charge is -2.20. The first kappa shape index (κ1) is 17.7. The van der Waals surface area contributed by atoms with Crippen LogP contribution in [0.5, 0.6) is 5.75 Å². The Balaban J connectivity index is 1.95. The number of carbonyl (C=O) groups excluding carboxylic acids is 1. The first-order chi connectivity index (χ1) is 10.7. The van der Waals surface area contributed by atoms with Gasteiger partial charge in [-0.15, -0.1) is 0 Å². The summed E-state index contributed by atoms with van der Waals surface area (Å²) in [6, 6.07) is 6.08. The maximum absolute atomic E-state index is 12.2. The zero-order valence-electron chi connectivity index (χ0n) is 13.8. The minimum absolute atomic E-state index is 0.0215. The highest BCUT2D eigenvalue weighted by Gasteiger charge is 2.22. The molecule has 1 N–H and O–H groups in total. The van der Waals surface area contributed by atoms with Crippen LogP contribution in [-0.4, -0.2) is 44.5 Å². The molecular formula is C16H24N2O4S. The van der Waals surface area contributed by atoms with Crippen molar-refractivity contribution < 1.29 is 17.9 Å². The van der Waals surface area contributed by atoms with E-state index in [-0.39, 0.29) is 17.4 Å². The van der Waals surface area contributed by atoms with Crippen molar-refractivity contribution in [1.29, 1.82) is 0 Å². The number of hydrogen-bond acceptors (Lipinski definition) is 4. The summed E-state index contributed by atoms with van der Waals surface area (Å²) in [5.74, 6) is 0.445. The molecule has 0 atom stereocenters. The minimum atomic E-state index is -3.56. The van der Waals surface area contributed by atoms with Crippen LogP contribution in [0.1, 0.15) is 33.6 Å². The van der Waals surface area contributed by atoms with Gasteiger partial charge in [0.25, 0.3) is 5.91 Å². The molecule has 0 unspecified atom stereocenters. The normalized spacial score (nSPS) is 15.7. The molecule has 1 heterocycles. The molecule has 0 radical (unpaired) electrons. The van der Waals surface area contributed by atoms with E-state index in [1.807, 2.05) is 0 Å². The van der Waals surface area contributed by atoms with E-state index in [2.05, 4.69) is 4.72 Å². The van der Waals surface area contributed by atoms with Gasteiger partial charge in [-0.3, -0.25) is 4.79 Å². The molecular weight excluding hydrogens is 316 g/mol. The Labute approximate surface area is 137 Å². The number of amides is 1. The fourth-order valence-electron chi connectivity index (χ4n) is 2.38. The van der Waals surface area contributed by atoms with Gasteiger partial charge >= 0.3 is 0 Å². The van der Waals surface area contributed by atoms with E-state index in [1.165, 1.54) is 12.1 Å². The standard InChI is InChI=1S/C16H24N2O4S/c1-16(2,3)17-23(20,21)14-8-6-13(7-9-14)22-12-15(19)18-10-4-5-11-18/h6-9,17H,4-5,10-12H2,1-3H3. The van der Waals surface area contributed by atoms with Crippen molar-refractivity contribution in [3.8, 4) is 5.75 Å². The zero-order valence-corrected chi connectivity index (χ0v) is 14.6. The number of carbonyl (C=O) groups is 1. The third kappa shape index (κ3) is 5.21. The molecule has 1 amide bonds. The Kier molecular flexibility index (Phi) is 5.31. The summed E-state index contributed by atoms with van der Waals surface area (Å²) in [4.78, 5) is 13.9. The summed E-state index contributed by atoms with van der Waals surface area (Å²) in [6.07, 6.45) is 2.08. The fraction of sp³-hybridized carbons (Fsp3) is 0.562. The molecule has 0 aliphatic carbocycles. The molecule has 1 aliphatic heterocycles. The number of benzene rings is 1. The van der Waals surface area contributed by atoms with Gasteiger partial charge in [0.15, 0.2) is 6.61 Å². The van der Waals surface area contributed by atoms with Crippen molar-refractivity contribution in [3.63, 3.8) is 0 Å². The molecule has 0 spiro atoms. The number of hydrogen-bond donors (Lipinski definition) is 1. The highest BCUT2D eigenvalue weighted by molar-refractivity contribution is 7.89. The number of nitrogens with zero attached hydrogens (tertiary/aromatic N) is 1. The van der Waals surface area contributed by atoms with Gasteiger partial charge in [-0.05, 0) is 57.9 Å². The second-order valence-corrected chi connectivity index (χ2v) is 8.39. The lowest BCUT2D eigenvalue weighted by Crippen LogP contribution is -2.40. The zero-order chi connectivity index (χ0) is 17.1. The van der Waals surface area contributed by atoms with Gasteiger partial charge in [0.05, 0.1) is 4.90 Å². The number of rotatable bonds is 5. The molecule has 23 heavy (non-hydrogen) atoms. The van der Waals surface area contributed by atoms with Gasteiger partial charge in [-0.2, -0.15) is 0 Å². The Morgan fingerprint density at radius 1 is 1.17 bits per heavy atom. The van der Waals surface area contributed by atoms with Crippen LogP contribution in [0.25, 0.3) is 0 Å². The van der Waals surface area contributed by atoms with E-state index >= 15 is 0 Å². The van der Waals surface area contributed by atoms with Crippen LogP contribution in [-0.2, 0) is 14.8 Å². The third-order valence-corrected chi connectivity index (χ3v) is 5.17. The van der Waals surface area contributed by atoms with Crippen molar-refractivity contribution in [2.75, 3.05) is 19.7 Å². The minimum Gasteiger partial charge on any atom is -0.484 e. The Morgan fingerprint density at radius 3 is 2.26 bits per heavy atom. The second-order valence-electron chi connectivity index (χ2n) is 6.70. The summed E-state index contributed by atoms with van der Waals surface area (Å²) in [5, 5.41) is 0. The van der Waals surface area contributed by atoms with Gasteiger partial charge < -0.3 is 9.64 Å². The summed E-state index contributed by atoms with van der Waals surface area (Å²) < 4.78 is 32.4. The van der Waals surface area contributed by atoms with Crippen LogP contribution in [0.4, 0.5) is 0 Å². The lowest BCUT2D eigenvalue weighted by molar-refractivity contribution is -0.132. The van der Waals surface area contributed by atoms with Crippen LogP contribution < -0.4 is 9.46 Å². The first-order valence-electron chi connectivity index (χ1n) is 7.72. The second kappa shape index (κ2) is 6.88. The highest BCUT2D eigenvalue weighted by Crippen LogP contribution is 2.18. The highest BCUT2D eigenvalue weighted by atomic mass is 32.2. The van der Waals surface area contributed by atoms with E-state index < -0.39 is 15.6 Å². The average molecular weight is 340 g/mol. The smallest absolute Gasteiger partial charge is 0.260 e. The molecule has 7 heteroatoms. The van der Waals surface area contributed by atoms with Gasteiger partial charge in [0.1, 0.15) is 5.75 Å². The summed E-state index contributed by atoms with van der Waals surface area (Å²) in [5.41, 5.74) is -0.545. The molecule has 0 bridgehead atoms. The van der Waals surface area contributed by atoms with Crippen molar-refractivity contribution in [2.45, 2.75) is 44.0 Å². The lowest BCUT2D eigenvalue weighted by atomic mass is 10.1. The molecule has 1 aromatic carbocycles. The number of sulfonamides is 1. The Bertz CT molecular complexity index is 642. The molecule has 1 saturated heterocycles. The summed E-state index contributed by atoms with van der Waals surface area (Å²) in [7, 11) is -3.56. The third-order valence-electron chi connectivity index (χ3n) is 3.40. The molecule has 1 fully saturated rings. The molecule has 6 nitrogen and oxygen atoms in total. The monoisotopic (exact) mass is 340 g/mol. The van der Waals surface area contributed by atoms with E-state index in [1.54, 1.807) is 37.8 Å². The number of likely N-dealkylation sites (tertiary alicyclic amines) is 1. The largest absolute Gasteiger partial charge is 0.484 e. The predicted octanol–water partition coefficient (Wildman–Crippen LogP) is 1.76. The van der Waals surface area contributed by atoms with Gasteiger partial charge in [0.2, 0.25) is 10.0 Å². The van der Waals surface area contributed by atoms with Crippen molar-refractivity contribution >= 4 is 15.9 Å². The van der Waals surface area contributed by atoms with Crippen molar-refractivity contribution in [1.82, 2.24) is 9.62 Å². The van der Waals surface area contributed by atoms with Crippen LogP contribution in [0.15, 0.2) is 29.2 Å². The predicted molar refractivity (Wildman–Crippen MR) is 87.8 cm³/mol. The number of ether oxygens (including phenoxy) is 1. The van der Waals surface area contributed by atoms with Crippen LogP contribution in [0, 0.1) is 0 Å². The molecule has 128 valence electrons. The van der Waals surface area contributed by atoms with E-state index in [0.29, 0.717) is 5.75 Å². The van der Waals surface area contributed by atoms with E-state index in [0.717, 1.165) is 25.9 Å². The average Bonchev–Trinajstić information content (AvgIpc) is 2.97. The SMILES string of the molecule is CC(C)(C)NS(=O)(=O)c1ccc(OCC(=O)N2CCCC2)cc1. The Morgan fingerprint density at radius 2 is 1.74 bits per heavy atom. The fourth-order valence-corrected chi connectivity index (χ4v) is 3.80. The quantitative estimate of drug-likeness (QED) is 0.886. The van der Waals surface area contributed by atoms with Crippen molar-refractivity contribution in [2.24, 2.45) is 0 Å². The van der Waals surface area contributed by atoms with Crippen LogP contribution in [0.2, 0.25) is 0 Å². The summed E-state index contributed by atoms with van der Waals surface area (Å²) in [6.45, 7) is 6.91. The van der Waals surface area contributed by atoms with Crippen LogP contribution in [0.3, 0.4) is 0 Å². The molecule has 1 aliphatic rings. The van der Waals surface area contributed by atoms with Crippen molar-refractivity contribution in [3.05, 3.63) is 24.3 Å². The van der Waals surface area contributed by atoms with Gasteiger partial charge in [-0.25, -0.2) is 13.1 Å². The van der Waals surface area contributed by atoms with E-state index in [4.69, 9.17) is 4.74 Å². The van der Waals surface area contributed by atoms with Gasteiger partial charge in [0, 0.05) is 18.6 Å². The maximum Gasteiger partial charge on any atom is 0.260 e. The Hall–Kier alpha value is -1.60. The molecule has 0 saturated carbocycles. The number of nitrogens with one attached hydrogen (secondary N) is 1. The topological polar surface area (TPSA) is 75.7 Å². The molecule has 0 aromatic heterocycles. The molecule has 2 rings (SSSR count). The summed E-state index contributed by atoms with van der Waals surface area (Å²) >= 11 is 0. The van der Waals surface area contributed by atoms with E-state index in [9.17, 15) is 13.2 Å². The van der Waals surface area contributed by atoms with Crippen LogP contribution >= 0.6 is 0 Å². The molecule has 1 aromatic rings.